The molecule has 0 aliphatic heterocycles. The summed E-state index contributed by atoms with van der Waals surface area (Å²) in [7, 11) is 2.01. The molecule has 1 aromatic rings. The van der Waals surface area contributed by atoms with Crippen LogP contribution in [0.15, 0.2) is 29.3 Å². The van der Waals surface area contributed by atoms with Gasteiger partial charge in [-0.05, 0) is 43.4 Å². The Balaban J connectivity index is 1.95. The minimum atomic E-state index is -0.194. The normalized spacial score (nSPS) is 15.4. The van der Waals surface area contributed by atoms with Crippen LogP contribution in [0, 0.1) is 11.7 Å². The van der Waals surface area contributed by atoms with Crippen LogP contribution < -0.4 is 5.32 Å². The molecule has 1 saturated carbocycles. The van der Waals surface area contributed by atoms with Crippen LogP contribution in [0.2, 0.25) is 0 Å². The Morgan fingerprint density at radius 1 is 1.37 bits per heavy atom. The highest BCUT2D eigenvalue weighted by Gasteiger charge is 2.21. The molecule has 0 saturated heterocycles. The van der Waals surface area contributed by atoms with Gasteiger partial charge in [0.2, 0.25) is 0 Å². The zero-order valence-electron chi connectivity index (χ0n) is 11.7. The predicted octanol–water partition coefficient (Wildman–Crippen LogP) is 2.63. The second-order valence-corrected chi connectivity index (χ2v) is 5.12. The highest BCUT2D eigenvalue weighted by atomic mass is 19.1. The van der Waals surface area contributed by atoms with Gasteiger partial charge in [0.05, 0.1) is 0 Å². The van der Waals surface area contributed by atoms with Crippen LogP contribution in [0.4, 0.5) is 4.39 Å². The van der Waals surface area contributed by atoms with Crippen LogP contribution in [-0.4, -0.2) is 31.0 Å². The van der Waals surface area contributed by atoms with E-state index in [0.717, 1.165) is 37.1 Å². The van der Waals surface area contributed by atoms with Crippen LogP contribution in [-0.2, 0) is 6.54 Å². The Labute approximate surface area is 114 Å². The molecule has 1 aliphatic carbocycles. The van der Waals surface area contributed by atoms with E-state index in [1.165, 1.54) is 25.0 Å². The Hall–Kier alpha value is -1.58. The lowest BCUT2D eigenvalue weighted by atomic mass is 10.2. The van der Waals surface area contributed by atoms with Crippen molar-refractivity contribution in [3.63, 3.8) is 0 Å². The molecule has 0 bridgehead atoms. The summed E-state index contributed by atoms with van der Waals surface area (Å²) in [5.74, 6) is 1.52. The second kappa shape index (κ2) is 6.55. The summed E-state index contributed by atoms with van der Waals surface area (Å²) in [5, 5.41) is 3.30. The summed E-state index contributed by atoms with van der Waals surface area (Å²) in [6.45, 7) is 4.57. The summed E-state index contributed by atoms with van der Waals surface area (Å²) >= 11 is 0. The van der Waals surface area contributed by atoms with Gasteiger partial charge in [-0.2, -0.15) is 0 Å². The molecule has 1 aliphatic rings. The Morgan fingerprint density at radius 3 is 2.63 bits per heavy atom. The number of hydrogen-bond acceptors (Lipinski definition) is 1. The maximum atomic E-state index is 12.9. The van der Waals surface area contributed by atoms with E-state index < -0.39 is 0 Å². The van der Waals surface area contributed by atoms with E-state index in [1.807, 2.05) is 19.2 Å². The van der Waals surface area contributed by atoms with Gasteiger partial charge in [0.1, 0.15) is 5.82 Å². The molecule has 1 aromatic carbocycles. The molecule has 0 heterocycles. The van der Waals surface area contributed by atoms with Crippen molar-refractivity contribution in [2.75, 3.05) is 20.1 Å². The first-order valence-electron chi connectivity index (χ1n) is 6.93. The third kappa shape index (κ3) is 4.54. The number of nitrogens with zero attached hydrogens (tertiary/aromatic N) is 2. The molecule has 2 rings (SSSR count). The van der Waals surface area contributed by atoms with Crippen molar-refractivity contribution in [1.29, 1.82) is 0 Å². The van der Waals surface area contributed by atoms with E-state index in [0.29, 0.717) is 0 Å². The molecule has 3 nitrogen and oxygen atoms in total. The first-order valence-corrected chi connectivity index (χ1v) is 6.93. The zero-order valence-corrected chi connectivity index (χ0v) is 11.7. The molecular weight excluding hydrogens is 241 g/mol. The summed E-state index contributed by atoms with van der Waals surface area (Å²) < 4.78 is 12.9. The third-order valence-electron chi connectivity index (χ3n) is 3.23. The number of benzene rings is 1. The van der Waals surface area contributed by atoms with Crippen molar-refractivity contribution in [2.24, 2.45) is 10.9 Å². The van der Waals surface area contributed by atoms with E-state index in [9.17, 15) is 4.39 Å². The summed E-state index contributed by atoms with van der Waals surface area (Å²) in [6, 6.07) is 6.63. The summed E-state index contributed by atoms with van der Waals surface area (Å²) in [6.07, 6.45) is 2.62. The molecule has 0 amide bonds. The fraction of sp³-hybridized carbons (Fsp3) is 0.533. The number of aliphatic imine (C=N–C) groups is 1. The average molecular weight is 263 g/mol. The van der Waals surface area contributed by atoms with Crippen molar-refractivity contribution in [3.8, 4) is 0 Å². The van der Waals surface area contributed by atoms with Gasteiger partial charge in [-0.25, -0.2) is 4.39 Å². The molecule has 1 N–H and O–H groups in total. The Morgan fingerprint density at radius 2 is 2.05 bits per heavy atom. The van der Waals surface area contributed by atoms with Gasteiger partial charge in [0, 0.05) is 26.7 Å². The van der Waals surface area contributed by atoms with Gasteiger partial charge < -0.3 is 10.2 Å². The molecule has 104 valence electrons. The summed E-state index contributed by atoms with van der Waals surface area (Å²) in [5.41, 5.74) is 1.08. The van der Waals surface area contributed by atoms with Gasteiger partial charge in [-0.15, -0.1) is 0 Å². The minimum Gasteiger partial charge on any atom is -0.357 e. The Bertz CT molecular complexity index is 424. The van der Waals surface area contributed by atoms with E-state index in [4.69, 9.17) is 0 Å². The van der Waals surface area contributed by atoms with Gasteiger partial charge in [0.25, 0.3) is 0 Å². The van der Waals surface area contributed by atoms with Crippen molar-refractivity contribution < 1.29 is 4.39 Å². The molecule has 4 heteroatoms. The Kier molecular flexibility index (Phi) is 4.77. The topological polar surface area (TPSA) is 27.6 Å². The SMILES string of the molecule is CCNC(=NCC1CC1)N(C)Cc1ccc(F)cc1. The maximum absolute atomic E-state index is 12.9. The lowest BCUT2D eigenvalue weighted by Crippen LogP contribution is -2.38. The first-order chi connectivity index (χ1) is 9.19. The minimum absolute atomic E-state index is 0.194. The van der Waals surface area contributed by atoms with Gasteiger partial charge >= 0.3 is 0 Å². The molecule has 19 heavy (non-hydrogen) atoms. The smallest absolute Gasteiger partial charge is 0.193 e. The fourth-order valence-electron chi connectivity index (χ4n) is 1.92. The molecular formula is C15H22FN3. The third-order valence-corrected chi connectivity index (χ3v) is 3.23. The van der Waals surface area contributed by atoms with Crippen LogP contribution in [0.1, 0.15) is 25.3 Å². The molecule has 0 aromatic heterocycles. The van der Waals surface area contributed by atoms with Gasteiger partial charge in [-0.1, -0.05) is 12.1 Å². The lowest BCUT2D eigenvalue weighted by Gasteiger charge is -2.22. The standard InChI is InChI=1S/C15H22FN3/c1-3-17-15(18-10-12-4-5-12)19(2)11-13-6-8-14(16)9-7-13/h6-9,12H,3-5,10-11H2,1-2H3,(H,17,18). The monoisotopic (exact) mass is 263 g/mol. The zero-order chi connectivity index (χ0) is 13.7. The molecule has 0 spiro atoms. The number of halogens is 1. The van der Waals surface area contributed by atoms with E-state index in [-0.39, 0.29) is 5.82 Å². The lowest BCUT2D eigenvalue weighted by molar-refractivity contribution is 0.475. The second-order valence-electron chi connectivity index (χ2n) is 5.12. The molecule has 1 fully saturated rings. The fourth-order valence-corrected chi connectivity index (χ4v) is 1.92. The van der Waals surface area contributed by atoms with E-state index >= 15 is 0 Å². The molecule has 0 unspecified atom stereocenters. The highest BCUT2D eigenvalue weighted by molar-refractivity contribution is 5.79. The van der Waals surface area contributed by atoms with Crippen LogP contribution in [0.3, 0.4) is 0 Å². The van der Waals surface area contributed by atoms with E-state index in [2.05, 4.69) is 22.1 Å². The largest absolute Gasteiger partial charge is 0.357 e. The van der Waals surface area contributed by atoms with Crippen molar-refractivity contribution in [2.45, 2.75) is 26.3 Å². The van der Waals surface area contributed by atoms with Gasteiger partial charge in [-0.3, -0.25) is 4.99 Å². The number of nitrogens with one attached hydrogen (secondary N) is 1. The average Bonchev–Trinajstić information content (AvgIpc) is 3.21. The maximum Gasteiger partial charge on any atom is 0.193 e. The van der Waals surface area contributed by atoms with Crippen molar-refractivity contribution in [1.82, 2.24) is 10.2 Å². The quantitative estimate of drug-likeness (QED) is 0.653. The van der Waals surface area contributed by atoms with Gasteiger partial charge in [0.15, 0.2) is 5.96 Å². The number of hydrogen-bond donors (Lipinski definition) is 1. The molecule has 0 radical (unpaired) electrons. The van der Waals surface area contributed by atoms with Crippen LogP contribution >= 0.6 is 0 Å². The number of rotatable bonds is 5. The van der Waals surface area contributed by atoms with E-state index in [1.54, 1.807) is 0 Å². The first kappa shape index (κ1) is 13.8. The highest BCUT2D eigenvalue weighted by Crippen LogP contribution is 2.28. The van der Waals surface area contributed by atoms with Crippen LogP contribution in [0.5, 0.6) is 0 Å². The van der Waals surface area contributed by atoms with Crippen LogP contribution in [0.25, 0.3) is 0 Å². The summed E-state index contributed by atoms with van der Waals surface area (Å²) in [4.78, 5) is 6.73. The predicted molar refractivity (Wildman–Crippen MR) is 76.6 cm³/mol. The molecule has 0 atom stereocenters. The van der Waals surface area contributed by atoms with Crippen molar-refractivity contribution in [3.05, 3.63) is 35.6 Å². The number of guanidine groups is 1. The van der Waals surface area contributed by atoms with Crippen molar-refractivity contribution >= 4 is 5.96 Å².